The summed E-state index contributed by atoms with van der Waals surface area (Å²) in [4.78, 5) is 26.3. The third kappa shape index (κ3) is 4.43. The largest absolute Gasteiger partial charge is 0.508 e. The Balaban J connectivity index is 1.64. The summed E-state index contributed by atoms with van der Waals surface area (Å²) in [6.07, 6.45) is 3.89. The highest BCUT2D eigenvalue weighted by Gasteiger charge is 2.20. The number of hydrogen-bond acceptors (Lipinski definition) is 5. The van der Waals surface area contributed by atoms with Gasteiger partial charge in [-0.3, -0.25) is 9.59 Å². The number of fused-ring (bicyclic) bond motifs is 1. The zero-order valence-electron chi connectivity index (χ0n) is 15.8. The number of phenols is 1. The number of rotatable bonds is 6. The van der Waals surface area contributed by atoms with E-state index in [1.165, 1.54) is 17.0 Å². The molecule has 7 nitrogen and oxygen atoms in total. The van der Waals surface area contributed by atoms with Gasteiger partial charge in [-0.15, -0.1) is 0 Å². The van der Waals surface area contributed by atoms with Crippen molar-refractivity contribution in [1.29, 1.82) is 0 Å². The number of amides is 2. The number of phenolic OH excluding ortho intramolecular Hbond substituents is 1. The Morgan fingerprint density at radius 3 is 2.50 bits per heavy atom. The second-order valence-electron chi connectivity index (χ2n) is 6.33. The van der Waals surface area contributed by atoms with Crippen molar-refractivity contribution in [1.82, 2.24) is 4.90 Å². The lowest BCUT2D eigenvalue weighted by Crippen LogP contribution is -2.29. The quantitative estimate of drug-likeness (QED) is 0.750. The van der Waals surface area contributed by atoms with E-state index >= 15 is 0 Å². The van der Waals surface area contributed by atoms with Gasteiger partial charge in [0.1, 0.15) is 5.75 Å². The molecule has 7 heteroatoms. The van der Waals surface area contributed by atoms with Gasteiger partial charge in [0, 0.05) is 24.9 Å². The van der Waals surface area contributed by atoms with Crippen LogP contribution in [0.15, 0.2) is 42.6 Å². The molecule has 2 aromatic rings. The molecule has 0 aliphatic carbocycles. The molecule has 28 heavy (non-hydrogen) atoms. The summed E-state index contributed by atoms with van der Waals surface area (Å²) in [5.74, 6) is 0.993. The fourth-order valence-corrected chi connectivity index (χ4v) is 2.95. The van der Waals surface area contributed by atoms with Gasteiger partial charge in [0.05, 0.1) is 20.6 Å². The van der Waals surface area contributed by atoms with Gasteiger partial charge in [0.2, 0.25) is 11.8 Å². The van der Waals surface area contributed by atoms with Gasteiger partial charge in [0.15, 0.2) is 11.5 Å². The third-order valence-corrected chi connectivity index (χ3v) is 4.47. The Bertz CT molecular complexity index is 906. The molecule has 146 valence electrons. The number of aromatic hydroxyl groups is 1. The van der Waals surface area contributed by atoms with Crippen molar-refractivity contribution in [3.63, 3.8) is 0 Å². The number of ether oxygens (including phenoxy) is 2. The van der Waals surface area contributed by atoms with Gasteiger partial charge in [-0.2, -0.15) is 0 Å². The predicted molar refractivity (Wildman–Crippen MR) is 105 cm³/mol. The lowest BCUT2D eigenvalue weighted by atomic mass is 10.0. The van der Waals surface area contributed by atoms with Crippen molar-refractivity contribution >= 4 is 23.6 Å². The molecule has 0 saturated heterocycles. The van der Waals surface area contributed by atoms with Crippen LogP contribution in [-0.2, 0) is 16.0 Å². The van der Waals surface area contributed by atoms with Crippen molar-refractivity contribution in [2.75, 3.05) is 26.1 Å². The molecular weight excluding hydrogens is 360 g/mol. The first kappa shape index (κ1) is 19.3. The maximum atomic E-state index is 12.6. The summed E-state index contributed by atoms with van der Waals surface area (Å²) in [7, 11) is 3.12. The van der Waals surface area contributed by atoms with Crippen LogP contribution in [0.4, 0.5) is 5.69 Å². The van der Waals surface area contributed by atoms with Crippen LogP contribution in [-0.4, -0.2) is 42.6 Å². The van der Waals surface area contributed by atoms with Gasteiger partial charge in [-0.05, 0) is 53.6 Å². The number of nitrogens with one attached hydrogen (secondary N) is 1. The maximum Gasteiger partial charge on any atom is 0.230 e. The molecule has 0 saturated carbocycles. The van der Waals surface area contributed by atoms with Crippen LogP contribution in [0.25, 0.3) is 6.08 Å². The SMILES string of the molecule is COc1cc2c(cc1OC)CC(=O)N(CCC(=O)Nc1ccc(O)cc1)C=C2. The minimum atomic E-state index is -0.211. The summed E-state index contributed by atoms with van der Waals surface area (Å²) in [6.45, 7) is 0.265. The van der Waals surface area contributed by atoms with Crippen molar-refractivity contribution in [3.05, 3.63) is 53.7 Å². The molecular formula is C21H22N2O5. The number of hydrogen-bond donors (Lipinski definition) is 2. The molecule has 0 aromatic heterocycles. The molecule has 1 aliphatic rings. The highest BCUT2D eigenvalue weighted by molar-refractivity contribution is 5.91. The fraction of sp³-hybridized carbons (Fsp3) is 0.238. The van der Waals surface area contributed by atoms with Gasteiger partial charge in [-0.1, -0.05) is 0 Å². The molecule has 1 heterocycles. The average molecular weight is 382 g/mol. The monoisotopic (exact) mass is 382 g/mol. The molecule has 0 spiro atoms. The predicted octanol–water partition coefficient (Wildman–Crippen LogP) is 2.79. The second kappa shape index (κ2) is 8.47. The van der Waals surface area contributed by atoms with Gasteiger partial charge in [-0.25, -0.2) is 0 Å². The standard InChI is InChI=1S/C21H22N2O5/c1-27-18-11-14-7-9-23(21(26)13-15(14)12-19(18)28-2)10-8-20(25)22-16-3-5-17(24)6-4-16/h3-7,9,11-12,24H,8,10,13H2,1-2H3,(H,22,25). The van der Waals surface area contributed by atoms with Crippen LogP contribution in [0, 0.1) is 0 Å². The molecule has 0 atom stereocenters. The molecule has 3 rings (SSSR count). The van der Waals surface area contributed by atoms with Crippen LogP contribution >= 0.6 is 0 Å². The van der Waals surface area contributed by atoms with Crippen LogP contribution < -0.4 is 14.8 Å². The highest BCUT2D eigenvalue weighted by atomic mass is 16.5. The van der Waals surface area contributed by atoms with E-state index in [2.05, 4.69) is 5.32 Å². The lowest BCUT2D eigenvalue weighted by molar-refractivity contribution is -0.128. The van der Waals surface area contributed by atoms with E-state index in [1.807, 2.05) is 12.1 Å². The van der Waals surface area contributed by atoms with E-state index in [0.29, 0.717) is 17.2 Å². The first-order valence-electron chi connectivity index (χ1n) is 8.81. The molecule has 0 fully saturated rings. The van der Waals surface area contributed by atoms with E-state index in [4.69, 9.17) is 9.47 Å². The van der Waals surface area contributed by atoms with Crippen molar-refractivity contribution in [3.8, 4) is 17.2 Å². The number of carbonyl (C=O) groups is 2. The van der Waals surface area contributed by atoms with E-state index in [-0.39, 0.29) is 37.0 Å². The first-order chi connectivity index (χ1) is 13.5. The van der Waals surface area contributed by atoms with E-state index < -0.39 is 0 Å². The minimum Gasteiger partial charge on any atom is -0.508 e. The highest BCUT2D eigenvalue weighted by Crippen LogP contribution is 2.32. The van der Waals surface area contributed by atoms with Crippen LogP contribution in [0.2, 0.25) is 0 Å². The lowest BCUT2D eigenvalue weighted by Gasteiger charge is -2.17. The number of anilines is 1. The molecule has 1 aliphatic heterocycles. The number of benzene rings is 2. The number of nitrogens with zero attached hydrogens (tertiary/aromatic N) is 1. The van der Waals surface area contributed by atoms with Crippen LogP contribution in [0.1, 0.15) is 17.5 Å². The van der Waals surface area contributed by atoms with Gasteiger partial charge < -0.3 is 24.8 Å². The van der Waals surface area contributed by atoms with E-state index in [0.717, 1.165) is 11.1 Å². The Hall–Kier alpha value is -3.48. The zero-order valence-corrected chi connectivity index (χ0v) is 15.8. The summed E-state index contributed by atoms with van der Waals surface area (Å²) < 4.78 is 10.6. The summed E-state index contributed by atoms with van der Waals surface area (Å²) in [5.41, 5.74) is 2.31. The Kier molecular flexibility index (Phi) is 5.84. The average Bonchev–Trinajstić information content (AvgIpc) is 2.84. The third-order valence-electron chi connectivity index (χ3n) is 4.47. The van der Waals surface area contributed by atoms with Crippen molar-refractivity contribution in [2.24, 2.45) is 0 Å². The first-order valence-corrected chi connectivity index (χ1v) is 8.81. The molecule has 0 radical (unpaired) electrons. The number of methoxy groups -OCH3 is 2. The minimum absolute atomic E-state index is 0.0975. The summed E-state index contributed by atoms with van der Waals surface area (Å²) in [5, 5.41) is 12.0. The smallest absolute Gasteiger partial charge is 0.230 e. The van der Waals surface area contributed by atoms with Crippen LogP contribution in [0.3, 0.4) is 0 Å². The Morgan fingerprint density at radius 1 is 1.14 bits per heavy atom. The van der Waals surface area contributed by atoms with Gasteiger partial charge in [0.25, 0.3) is 0 Å². The second-order valence-corrected chi connectivity index (χ2v) is 6.33. The molecule has 2 N–H and O–H groups in total. The molecule has 0 bridgehead atoms. The Labute approximate surface area is 163 Å². The van der Waals surface area contributed by atoms with Crippen LogP contribution in [0.5, 0.6) is 17.2 Å². The molecule has 2 amide bonds. The molecule has 0 unspecified atom stereocenters. The normalized spacial score (nSPS) is 12.9. The van der Waals surface area contributed by atoms with E-state index in [9.17, 15) is 14.7 Å². The number of carbonyl (C=O) groups excluding carboxylic acids is 2. The summed E-state index contributed by atoms with van der Waals surface area (Å²) in [6, 6.07) is 9.85. The van der Waals surface area contributed by atoms with Crippen molar-refractivity contribution in [2.45, 2.75) is 12.8 Å². The summed E-state index contributed by atoms with van der Waals surface area (Å²) >= 11 is 0. The molecule has 2 aromatic carbocycles. The fourth-order valence-electron chi connectivity index (χ4n) is 2.95. The zero-order chi connectivity index (χ0) is 20.1. The topological polar surface area (TPSA) is 88.1 Å². The van der Waals surface area contributed by atoms with E-state index in [1.54, 1.807) is 38.6 Å². The maximum absolute atomic E-state index is 12.6. The Morgan fingerprint density at radius 2 is 1.82 bits per heavy atom. The van der Waals surface area contributed by atoms with Crippen molar-refractivity contribution < 1.29 is 24.2 Å². The van der Waals surface area contributed by atoms with Gasteiger partial charge >= 0.3 is 0 Å².